The van der Waals surface area contributed by atoms with Gasteiger partial charge < -0.3 is 14.2 Å². The SMILES string of the molecule is CCCCCCCC/C=C\CCCCCCCC(=O)OC(COC(=O)CCCCCCCCCCCCCCCCC)COC(=O)CCCCCCCCCCCCCCCCCCCCCCCCCCCCC. The molecule has 0 aromatic carbocycles. The van der Waals surface area contributed by atoms with Gasteiger partial charge in [-0.3, -0.25) is 14.4 Å². The van der Waals surface area contributed by atoms with Crippen LogP contribution in [0.15, 0.2) is 12.2 Å². The fraction of sp³-hybridized carbons (Fsp3) is 0.928. The molecule has 0 saturated heterocycles. The monoisotopic (exact) mass is 1060 g/mol. The maximum absolute atomic E-state index is 12.9. The Morgan fingerprint density at radius 3 is 0.667 bits per heavy atom. The number of esters is 3. The number of allylic oxidation sites excluding steroid dienone is 2. The first kappa shape index (κ1) is 73.2. The first-order valence-electron chi connectivity index (χ1n) is 34.2. The van der Waals surface area contributed by atoms with E-state index in [0.29, 0.717) is 19.3 Å². The molecule has 0 aliphatic rings. The third kappa shape index (κ3) is 62.9. The van der Waals surface area contributed by atoms with Crippen LogP contribution in [0.5, 0.6) is 0 Å². The predicted octanol–water partition coefficient (Wildman–Crippen LogP) is 23.2. The van der Waals surface area contributed by atoms with Crippen LogP contribution in [0, 0.1) is 0 Å². The van der Waals surface area contributed by atoms with Crippen LogP contribution in [0.3, 0.4) is 0 Å². The van der Waals surface area contributed by atoms with E-state index < -0.39 is 6.10 Å². The molecule has 0 radical (unpaired) electrons. The number of hydrogen-bond donors (Lipinski definition) is 0. The molecule has 6 heteroatoms. The molecule has 0 aromatic heterocycles. The molecule has 1 unspecified atom stereocenters. The number of ether oxygens (including phenoxy) is 3. The molecule has 75 heavy (non-hydrogen) atoms. The number of carbonyl (C=O) groups is 3. The Labute approximate surface area is 469 Å². The predicted molar refractivity (Wildman–Crippen MR) is 326 cm³/mol. The van der Waals surface area contributed by atoms with Crippen LogP contribution in [-0.4, -0.2) is 37.2 Å². The van der Waals surface area contributed by atoms with Gasteiger partial charge in [0.1, 0.15) is 13.2 Å². The van der Waals surface area contributed by atoms with Crippen molar-refractivity contribution >= 4 is 17.9 Å². The van der Waals surface area contributed by atoms with Crippen molar-refractivity contribution < 1.29 is 28.6 Å². The molecule has 0 saturated carbocycles. The van der Waals surface area contributed by atoms with E-state index in [-0.39, 0.29) is 31.1 Å². The van der Waals surface area contributed by atoms with Crippen molar-refractivity contribution in [3.63, 3.8) is 0 Å². The van der Waals surface area contributed by atoms with Crippen molar-refractivity contribution in [2.75, 3.05) is 13.2 Å². The van der Waals surface area contributed by atoms with Gasteiger partial charge in [0.15, 0.2) is 6.10 Å². The van der Waals surface area contributed by atoms with E-state index in [9.17, 15) is 14.4 Å². The summed E-state index contributed by atoms with van der Waals surface area (Å²) >= 11 is 0. The average molecular weight is 1060 g/mol. The van der Waals surface area contributed by atoms with E-state index in [1.807, 2.05) is 0 Å². The molecule has 0 fully saturated rings. The van der Waals surface area contributed by atoms with Crippen molar-refractivity contribution in [2.24, 2.45) is 0 Å². The van der Waals surface area contributed by atoms with Gasteiger partial charge in [0.05, 0.1) is 0 Å². The van der Waals surface area contributed by atoms with Crippen LogP contribution in [0.2, 0.25) is 0 Å². The van der Waals surface area contributed by atoms with Crippen LogP contribution < -0.4 is 0 Å². The van der Waals surface area contributed by atoms with E-state index in [1.54, 1.807) is 0 Å². The van der Waals surface area contributed by atoms with E-state index in [4.69, 9.17) is 14.2 Å². The Hall–Kier alpha value is -1.85. The third-order valence-electron chi connectivity index (χ3n) is 15.8. The van der Waals surface area contributed by atoms with Gasteiger partial charge in [0, 0.05) is 19.3 Å². The summed E-state index contributed by atoms with van der Waals surface area (Å²) in [6, 6.07) is 0. The molecule has 0 rings (SSSR count). The fourth-order valence-electron chi connectivity index (χ4n) is 10.6. The Bertz CT molecular complexity index is 1170. The van der Waals surface area contributed by atoms with Crippen LogP contribution in [0.4, 0.5) is 0 Å². The quantitative estimate of drug-likeness (QED) is 0.0261. The van der Waals surface area contributed by atoms with Crippen LogP contribution in [0.25, 0.3) is 0 Å². The number of carbonyl (C=O) groups excluding carboxylic acids is 3. The summed E-state index contributed by atoms with van der Waals surface area (Å²) in [4.78, 5) is 38.3. The zero-order chi connectivity index (χ0) is 54.3. The van der Waals surface area contributed by atoms with Gasteiger partial charge in [-0.05, 0) is 44.9 Å². The first-order chi connectivity index (χ1) is 37.0. The number of unbranched alkanes of at least 4 members (excludes halogenated alkanes) is 51. The van der Waals surface area contributed by atoms with Gasteiger partial charge in [-0.1, -0.05) is 341 Å². The molecule has 1 atom stereocenters. The van der Waals surface area contributed by atoms with E-state index in [0.717, 1.165) is 64.2 Å². The standard InChI is InChI=1S/C69H132O6/c1-4-7-10-13-16-19-22-25-28-29-30-31-32-33-34-35-36-37-38-39-42-44-47-50-53-56-59-62-68(71)74-65-66(75-69(72)63-60-57-54-51-48-45-41-27-24-21-18-15-12-9-6-3)64-73-67(70)61-58-55-52-49-46-43-40-26-23-20-17-14-11-8-5-2/h27,41,66H,4-26,28-40,42-65H2,1-3H3/b41-27-. The summed E-state index contributed by atoms with van der Waals surface area (Å²) in [6.07, 6.45) is 76.7. The summed E-state index contributed by atoms with van der Waals surface area (Å²) in [5.74, 6) is -0.843. The van der Waals surface area contributed by atoms with Gasteiger partial charge in [-0.25, -0.2) is 0 Å². The number of hydrogen-bond acceptors (Lipinski definition) is 6. The Morgan fingerprint density at radius 2 is 0.440 bits per heavy atom. The highest BCUT2D eigenvalue weighted by Gasteiger charge is 2.19. The molecule has 0 amide bonds. The largest absolute Gasteiger partial charge is 0.462 e. The summed E-state index contributed by atoms with van der Waals surface area (Å²) in [7, 11) is 0. The van der Waals surface area contributed by atoms with Gasteiger partial charge in [-0.15, -0.1) is 0 Å². The summed E-state index contributed by atoms with van der Waals surface area (Å²) < 4.78 is 17.0. The summed E-state index contributed by atoms with van der Waals surface area (Å²) in [5, 5.41) is 0. The lowest BCUT2D eigenvalue weighted by Gasteiger charge is -2.18. The van der Waals surface area contributed by atoms with Gasteiger partial charge >= 0.3 is 17.9 Å². The van der Waals surface area contributed by atoms with Crippen molar-refractivity contribution in [3.8, 4) is 0 Å². The summed E-state index contributed by atoms with van der Waals surface area (Å²) in [6.45, 7) is 6.71. The smallest absolute Gasteiger partial charge is 0.306 e. The molecule has 0 aromatic rings. The minimum atomic E-state index is -0.770. The highest BCUT2D eigenvalue weighted by Crippen LogP contribution is 2.19. The molecular formula is C69H132O6. The maximum atomic E-state index is 12.9. The highest BCUT2D eigenvalue weighted by atomic mass is 16.6. The summed E-state index contributed by atoms with van der Waals surface area (Å²) in [5.41, 5.74) is 0. The second kappa shape index (κ2) is 64.7. The molecule has 0 aliphatic carbocycles. The Kier molecular flexibility index (Phi) is 63.1. The Morgan fingerprint density at radius 1 is 0.253 bits per heavy atom. The van der Waals surface area contributed by atoms with Gasteiger partial charge in [0.2, 0.25) is 0 Å². The van der Waals surface area contributed by atoms with E-state index >= 15 is 0 Å². The lowest BCUT2D eigenvalue weighted by Crippen LogP contribution is -2.30. The molecule has 0 bridgehead atoms. The minimum absolute atomic E-state index is 0.0668. The van der Waals surface area contributed by atoms with E-state index in [1.165, 1.54) is 289 Å². The normalized spacial score (nSPS) is 12.0. The highest BCUT2D eigenvalue weighted by molar-refractivity contribution is 5.71. The molecule has 0 N–H and O–H groups in total. The topological polar surface area (TPSA) is 78.9 Å². The van der Waals surface area contributed by atoms with E-state index in [2.05, 4.69) is 32.9 Å². The van der Waals surface area contributed by atoms with Crippen LogP contribution >= 0.6 is 0 Å². The van der Waals surface area contributed by atoms with Crippen LogP contribution in [0.1, 0.15) is 393 Å². The van der Waals surface area contributed by atoms with Crippen molar-refractivity contribution in [3.05, 3.63) is 12.2 Å². The zero-order valence-electron chi connectivity index (χ0n) is 51.1. The molecular weight excluding hydrogens is 925 g/mol. The Balaban J connectivity index is 4.18. The molecule has 444 valence electrons. The maximum Gasteiger partial charge on any atom is 0.306 e. The van der Waals surface area contributed by atoms with Crippen LogP contribution in [-0.2, 0) is 28.6 Å². The van der Waals surface area contributed by atoms with Crippen molar-refractivity contribution in [2.45, 2.75) is 399 Å². The van der Waals surface area contributed by atoms with Gasteiger partial charge in [0.25, 0.3) is 0 Å². The number of rotatable bonds is 64. The first-order valence-corrected chi connectivity index (χ1v) is 34.2. The zero-order valence-corrected chi connectivity index (χ0v) is 51.1. The van der Waals surface area contributed by atoms with Crippen molar-refractivity contribution in [1.29, 1.82) is 0 Å². The molecule has 0 heterocycles. The molecule has 0 aliphatic heterocycles. The fourth-order valence-corrected chi connectivity index (χ4v) is 10.6. The second-order valence-corrected chi connectivity index (χ2v) is 23.5. The lowest BCUT2D eigenvalue weighted by atomic mass is 10.0. The minimum Gasteiger partial charge on any atom is -0.462 e. The average Bonchev–Trinajstić information content (AvgIpc) is 3.41. The van der Waals surface area contributed by atoms with Gasteiger partial charge in [-0.2, -0.15) is 0 Å². The third-order valence-corrected chi connectivity index (χ3v) is 15.8. The second-order valence-electron chi connectivity index (χ2n) is 23.5. The lowest BCUT2D eigenvalue weighted by molar-refractivity contribution is -0.167. The molecule has 6 nitrogen and oxygen atoms in total. The molecule has 0 spiro atoms. The van der Waals surface area contributed by atoms with Crippen molar-refractivity contribution in [1.82, 2.24) is 0 Å².